The largest absolute Gasteiger partial charge is 0.442 e. The van der Waals surface area contributed by atoms with E-state index in [1.54, 1.807) is 24.0 Å². The lowest BCUT2D eigenvalue weighted by Gasteiger charge is -2.35. The SMILES string of the molecule is CCC(=S)NCC1CN(c2ccc(N3CCN(C(C)=O)CC3)c(F)c2)C(=O)O1. The van der Waals surface area contributed by atoms with Gasteiger partial charge in [0.15, 0.2) is 0 Å². The number of halogens is 1. The van der Waals surface area contributed by atoms with Crippen molar-refractivity contribution in [1.29, 1.82) is 0 Å². The minimum absolute atomic E-state index is 0.0340. The van der Waals surface area contributed by atoms with Gasteiger partial charge in [0, 0.05) is 33.1 Å². The number of benzene rings is 1. The molecule has 0 radical (unpaired) electrons. The van der Waals surface area contributed by atoms with Gasteiger partial charge in [-0.3, -0.25) is 9.69 Å². The Morgan fingerprint density at radius 2 is 2.04 bits per heavy atom. The number of hydrogen-bond acceptors (Lipinski definition) is 5. The molecular weight excluding hydrogens is 383 g/mol. The molecule has 7 nitrogen and oxygen atoms in total. The normalized spacial score (nSPS) is 19.6. The second-order valence-electron chi connectivity index (χ2n) is 6.90. The molecule has 0 aromatic heterocycles. The van der Waals surface area contributed by atoms with E-state index >= 15 is 0 Å². The molecule has 2 fully saturated rings. The van der Waals surface area contributed by atoms with E-state index in [0.29, 0.717) is 50.6 Å². The predicted octanol–water partition coefficient (Wildman–Crippen LogP) is 2.15. The van der Waals surface area contributed by atoms with Crippen molar-refractivity contribution >= 4 is 40.6 Å². The maximum Gasteiger partial charge on any atom is 0.414 e. The molecule has 2 heterocycles. The minimum Gasteiger partial charge on any atom is -0.442 e. The summed E-state index contributed by atoms with van der Waals surface area (Å²) in [5, 5.41) is 3.06. The smallest absolute Gasteiger partial charge is 0.414 e. The summed E-state index contributed by atoms with van der Waals surface area (Å²) in [6, 6.07) is 4.77. The number of hydrogen-bond donors (Lipinski definition) is 1. The summed E-state index contributed by atoms with van der Waals surface area (Å²) in [6.45, 7) is 6.57. The van der Waals surface area contributed by atoms with Gasteiger partial charge in [0.2, 0.25) is 5.91 Å². The monoisotopic (exact) mass is 408 g/mol. The van der Waals surface area contributed by atoms with Gasteiger partial charge in [-0.05, 0) is 24.6 Å². The molecule has 2 saturated heterocycles. The fourth-order valence-corrected chi connectivity index (χ4v) is 3.46. The zero-order valence-corrected chi connectivity index (χ0v) is 16.9. The third-order valence-corrected chi connectivity index (χ3v) is 5.46. The third kappa shape index (κ3) is 4.52. The summed E-state index contributed by atoms with van der Waals surface area (Å²) >= 11 is 5.12. The van der Waals surface area contributed by atoms with Crippen LogP contribution in [0.2, 0.25) is 0 Å². The molecule has 2 aliphatic rings. The van der Waals surface area contributed by atoms with E-state index in [-0.39, 0.29) is 12.0 Å². The molecule has 0 bridgehead atoms. The molecule has 9 heteroatoms. The highest BCUT2D eigenvalue weighted by molar-refractivity contribution is 7.80. The van der Waals surface area contributed by atoms with Gasteiger partial charge in [0.05, 0.1) is 29.5 Å². The number of anilines is 2. The Bertz CT molecular complexity index is 768. The van der Waals surface area contributed by atoms with Crippen LogP contribution in [-0.2, 0) is 9.53 Å². The predicted molar refractivity (Wildman–Crippen MR) is 109 cm³/mol. The molecule has 0 saturated carbocycles. The van der Waals surface area contributed by atoms with Gasteiger partial charge < -0.3 is 19.9 Å². The van der Waals surface area contributed by atoms with Gasteiger partial charge in [0.1, 0.15) is 11.9 Å². The van der Waals surface area contributed by atoms with Crippen molar-refractivity contribution in [3.8, 4) is 0 Å². The molecule has 0 aliphatic carbocycles. The molecular formula is C19H25FN4O3S. The zero-order chi connectivity index (χ0) is 20.3. The molecule has 2 aliphatic heterocycles. The standard InChI is InChI=1S/C19H25FN4O3S/c1-3-18(28)21-11-15-12-24(19(26)27-15)14-4-5-17(16(20)10-14)23-8-6-22(7-9-23)13(2)25/h4-5,10,15H,3,6-9,11-12H2,1-2H3,(H,21,28). The fourth-order valence-electron chi connectivity index (χ4n) is 3.37. The molecule has 0 spiro atoms. The maximum absolute atomic E-state index is 14.7. The van der Waals surface area contributed by atoms with Gasteiger partial charge in [0.25, 0.3) is 0 Å². The molecule has 1 unspecified atom stereocenters. The summed E-state index contributed by atoms with van der Waals surface area (Å²) in [7, 11) is 0. The Hall–Kier alpha value is -2.42. The summed E-state index contributed by atoms with van der Waals surface area (Å²) in [6.07, 6.45) is -0.0941. The van der Waals surface area contributed by atoms with Crippen molar-refractivity contribution in [2.24, 2.45) is 0 Å². The second kappa shape index (κ2) is 8.72. The summed E-state index contributed by atoms with van der Waals surface area (Å²) in [4.78, 5) is 29.4. The molecule has 152 valence electrons. The van der Waals surface area contributed by atoms with Crippen molar-refractivity contribution in [1.82, 2.24) is 10.2 Å². The first-order valence-electron chi connectivity index (χ1n) is 9.44. The van der Waals surface area contributed by atoms with Crippen LogP contribution in [0.15, 0.2) is 18.2 Å². The lowest BCUT2D eigenvalue weighted by Crippen LogP contribution is -2.48. The minimum atomic E-state index is -0.489. The van der Waals surface area contributed by atoms with Crippen LogP contribution in [0.1, 0.15) is 20.3 Å². The number of nitrogens with zero attached hydrogens (tertiary/aromatic N) is 3. The van der Waals surface area contributed by atoms with E-state index in [2.05, 4.69) is 5.32 Å². The van der Waals surface area contributed by atoms with Gasteiger partial charge in [-0.2, -0.15) is 0 Å². The number of thiocarbonyl (C=S) groups is 1. The van der Waals surface area contributed by atoms with Gasteiger partial charge in [-0.15, -0.1) is 0 Å². The van der Waals surface area contributed by atoms with Crippen LogP contribution in [0.4, 0.5) is 20.6 Å². The quantitative estimate of drug-likeness (QED) is 0.754. The Balaban J connectivity index is 1.63. The summed E-state index contributed by atoms with van der Waals surface area (Å²) < 4.78 is 20.1. The molecule has 1 aromatic carbocycles. The molecule has 28 heavy (non-hydrogen) atoms. The number of piperazine rings is 1. The van der Waals surface area contributed by atoms with E-state index in [9.17, 15) is 14.0 Å². The van der Waals surface area contributed by atoms with E-state index in [0.717, 1.165) is 11.4 Å². The molecule has 1 N–H and O–H groups in total. The van der Waals surface area contributed by atoms with Crippen molar-refractivity contribution < 1.29 is 18.7 Å². The third-order valence-electron chi connectivity index (χ3n) is 5.03. The van der Waals surface area contributed by atoms with Crippen LogP contribution >= 0.6 is 12.2 Å². The van der Waals surface area contributed by atoms with Crippen LogP contribution in [-0.4, -0.2) is 67.3 Å². The van der Waals surface area contributed by atoms with E-state index < -0.39 is 11.9 Å². The lowest BCUT2D eigenvalue weighted by atomic mass is 10.2. The summed E-state index contributed by atoms with van der Waals surface area (Å²) in [5.41, 5.74) is 0.945. The molecule has 1 atom stereocenters. The van der Waals surface area contributed by atoms with Crippen LogP contribution in [0.5, 0.6) is 0 Å². The molecule has 3 rings (SSSR count). The van der Waals surface area contributed by atoms with Crippen molar-refractivity contribution in [2.75, 3.05) is 49.1 Å². The number of ether oxygens (including phenoxy) is 1. The van der Waals surface area contributed by atoms with Gasteiger partial charge >= 0.3 is 6.09 Å². The first-order chi connectivity index (χ1) is 13.4. The van der Waals surface area contributed by atoms with Crippen molar-refractivity contribution in [3.05, 3.63) is 24.0 Å². The Kier molecular flexibility index (Phi) is 6.33. The highest BCUT2D eigenvalue weighted by atomic mass is 32.1. The highest BCUT2D eigenvalue weighted by Crippen LogP contribution is 2.28. The Morgan fingerprint density at radius 3 is 2.64 bits per heavy atom. The van der Waals surface area contributed by atoms with E-state index in [1.165, 1.54) is 11.0 Å². The lowest BCUT2D eigenvalue weighted by molar-refractivity contribution is -0.129. The molecule has 2 amide bonds. The van der Waals surface area contributed by atoms with Gasteiger partial charge in [-0.25, -0.2) is 9.18 Å². The summed E-state index contributed by atoms with van der Waals surface area (Å²) in [5.74, 6) is -0.359. The van der Waals surface area contributed by atoms with Crippen LogP contribution in [0, 0.1) is 5.82 Å². The molecule has 1 aromatic rings. The Morgan fingerprint density at radius 1 is 1.32 bits per heavy atom. The van der Waals surface area contributed by atoms with Crippen LogP contribution < -0.4 is 15.1 Å². The first kappa shape index (κ1) is 20.3. The highest BCUT2D eigenvalue weighted by Gasteiger charge is 2.33. The zero-order valence-electron chi connectivity index (χ0n) is 16.1. The number of amides is 2. The van der Waals surface area contributed by atoms with Gasteiger partial charge in [-0.1, -0.05) is 19.1 Å². The number of carbonyl (C=O) groups is 2. The number of cyclic esters (lactones) is 1. The maximum atomic E-state index is 14.7. The number of nitrogens with one attached hydrogen (secondary N) is 1. The number of rotatable bonds is 5. The second-order valence-corrected chi connectivity index (χ2v) is 7.40. The van der Waals surface area contributed by atoms with Crippen molar-refractivity contribution in [2.45, 2.75) is 26.4 Å². The average Bonchev–Trinajstić information content (AvgIpc) is 3.06. The van der Waals surface area contributed by atoms with Crippen molar-refractivity contribution in [3.63, 3.8) is 0 Å². The van der Waals surface area contributed by atoms with Crippen LogP contribution in [0.3, 0.4) is 0 Å². The average molecular weight is 408 g/mol. The number of carbonyl (C=O) groups excluding carboxylic acids is 2. The van der Waals surface area contributed by atoms with E-state index in [4.69, 9.17) is 17.0 Å². The Labute approximate surface area is 169 Å². The topological polar surface area (TPSA) is 65.1 Å². The first-order valence-corrected chi connectivity index (χ1v) is 9.84. The van der Waals surface area contributed by atoms with E-state index in [1.807, 2.05) is 11.8 Å². The van der Waals surface area contributed by atoms with Crippen LogP contribution in [0.25, 0.3) is 0 Å². The fraction of sp³-hybridized carbons (Fsp3) is 0.526.